The van der Waals surface area contributed by atoms with E-state index in [0.29, 0.717) is 0 Å². The Morgan fingerprint density at radius 1 is 1.33 bits per heavy atom. The van der Waals surface area contributed by atoms with Crippen molar-refractivity contribution in [1.82, 2.24) is 0 Å². The van der Waals surface area contributed by atoms with Crippen LogP contribution in [0.2, 0.25) is 0 Å². The summed E-state index contributed by atoms with van der Waals surface area (Å²) in [5.41, 5.74) is 5.45. The third-order valence-corrected chi connectivity index (χ3v) is 2.67. The number of hydrogen-bond donors (Lipinski definition) is 1. The van der Waals surface area contributed by atoms with Gasteiger partial charge in [0.2, 0.25) is 0 Å². The van der Waals surface area contributed by atoms with Gasteiger partial charge in [-0.3, -0.25) is 0 Å². The van der Waals surface area contributed by atoms with Gasteiger partial charge < -0.3 is 5.73 Å². The van der Waals surface area contributed by atoms with Crippen LogP contribution in [0.4, 0.5) is 17.6 Å². The monoisotopic (exact) mass is 285 g/mol. The van der Waals surface area contributed by atoms with E-state index >= 15 is 0 Å². The normalized spacial score (nSPS) is 14.0. The summed E-state index contributed by atoms with van der Waals surface area (Å²) in [6.45, 7) is 0. The number of rotatable bonds is 2. The van der Waals surface area contributed by atoms with E-state index in [1.807, 2.05) is 0 Å². The van der Waals surface area contributed by atoms with Crippen LogP contribution >= 0.6 is 15.9 Å². The lowest BCUT2D eigenvalue weighted by Crippen LogP contribution is -2.20. The molecule has 0 aliphatic heterocycles. The van der Waals surface area contributed by atoms with E-state index in [1.165, 1.54) is 12.1 Å². The predicted octanol–water partition coefficient (Wildman–Crippen LogP) is 3.54. The van der Waals surface area contributed by atoms with Crippen LogP contribution in [0.3, 0.4) is 0 Å². The van der Waals surface area contributed by atoms with Crippen LogP contribution in [0.15, 0.2) is 22.7 Å². The van der Waals surface area contributed by atoms with Crippen molar-refractivity contribution in [2.24, 2.45) is 5.73 Å². The molecule has 0 fully saturated rings. The van der Waals surface area contributed by atoms with Crippen LogP contribution in [-0.4, -0.2) is 6.18 Å². The maximum Gasteiger partial charge on any atom is 0.390 e. The van der Waals surface area contributed by atoms with Crippen molar-refractivity contribution in [3.05, 3.63) is 34.1 Å². The average Bonchev–Trinajstić information content (AvgIpc) is 2.06. The fourth-order valence-electron chi connectivity index (χ4n) is 1.17. The van der Waals surface area contributed by atoms with E-state index in [0.717, 1.165) is 6.07 Å². The summed E-state index contributed by atoms with van der Waals surface area (Å²) >= 11 is 2.87. The Balaban J connectivity index is 2.92. The highest BCUT2D eigenvalue weighted by molar-refractivity contribution is 9.10. The molecule has 0 unspecified atom stereocenters. The Labute approximate surface area is 92.4 Å². The minimum Gasteiger partial charge on any atom is -0.324 e. The van der Waals surface area contributed by atoms with Gasteiger partial charge in [-0.2, -0.15) is 13.2 Å². The molecule has 15 heavy (non-hydrogen) atoms. The molecule has 1 rings (SSSR count). The summed E-state index contributed by atoms with van der Waals surface area (Å²) in [6.07, 6.45) is -5.53. The first-order chi connectivity index (χ1) is 6.81. The van der Waals surface area contributed by atoms with Crippen molar-refractivity contribution < 1.29 is 17.6 Å². The summed E-state index contributed by atoms with van der Waals surface area (Å²) < 4.78 is 49.1. The van der Waals surface area contributed by atoms with Crippen molar-refractivity contribution >= 4 is 15.9 Å². The molecular weight excluding hydrogens is 278 g/mol. The second-order valence-electron chi connectivity index (χ2n) is 3.07. The van der Waals surface area contributed by atoms with Gasteiger partial charge in [0.15, 0.2) is 0 Å². The Morgan fingerprint density at radius 2 is 1.93 bits per heavy atom. The van der Waals surface area contributed by atoms with E-state index < -0.39 is 24.5 Å². The fraction of sp³-hybridized carbons (Fsp3) is 0.333. The molecule has 1 aromatic carbocycles. The molecule has 0 aliphatic rings. The van der Waals surface area contributed by atoms with Gasteiger partial charge in [-0.1, -0.05) is 12.1 Å². The Kier molecular flexibility index (Phi) is 3.72. The van der Waals surface area contributed by atoms with Gasteiger partial charge in [0.1, 0.15) is 5.82 Å². The molecular formula is C9H8BrF4N. The summed E-state index contributed by atoms with van der Waals surface area (Å²) in [4.78, 5) is 0. The molecule has 0 aliphatic carbocycles. The van der Waals surface area contributed by atoms with Crippen molar-refractivity contribution in [1.29, 1.82) is 0 Å². The van der Waals surface area contributed by atoms with E-state index in [-0.39, 0.29) is 10.0 Å². The number of alkyl halides is 3. The van der Waals surface area contributed by atoms with Crippen LogP contribution < -0.4 is 5.73 Å². The first-order valence-corrected chi connectivity index (χ1v) is 4.87. The summed E-state index contributed by atoms with van der Waals surface area (Å²) in [5, 5.41) is 0. The standard InChI is InChI=1S/C9H8BrF4N/c10-8-5(2-1-3-6(8)11)7(15)4-9(12,13)14/h1-3,7H,4,15H2/t7-/m1/s1. The first kappa shape index (κ1) is 12.4. The van der Waals surface area contributed by atoms with E-state index in [4.69, 9.17) is 5.73 Å². The van der Waals surface area contributed by atoms with Gasteiger partial charge in [0.25, 0.3) is 0 Å². The molecule has 0 saturated heterocycles. The molecule has 0 amide bonds. The lowest BCUT2D eigenvalue weighted by molar-refractivity contribution is -0.138. The zero-order valence-electron chi connectivity index (χ0n) is 7.48. The maximum absolute atomic E-state index is 13.0. The van der Waals surface area contributed by atoms with Gasteiger partial charge in [0.05, 0.1) is 10.9 Å². The number of halogens is 5. The van der Waals surface area contributed by atoms with Gasteiger partial charge in [-0.15, -0.1) is 0 Å². The summed E-state index contributed by atoms with van der Waals surface area (Å²) in [6, 6.07) is 2.58. The number of hydrogen-bond acceptors (Lipinski definition) is 1. The zero-order chi connectivity index (χ0) is 11.6. The highest BCUT2D eigenvalue weighted by Crippen LogP contribution is 2.32. The number of nitrogens with two attached hydrogens (primary N) is 1. The third-order valence-electron chi connectivity index (χ3n) is 1.83. The van der Waals surface area contributed by atoms with Crippen LogP contribution in [0.1, 0.15) is 18.0 Å². The maximum atomic E-state index is 13.0. The lowest BCUT2D eigenvalue weighted by atomic mass is 10.0. The minimum absolute atomic E-state index is 0.0123. The van der Waals surface area contributed by atoms with E-state index in [1.54, 1.807) is 0 Å². The van der Waals surface area contributed by atoms with Crippen molar-refractivity contribution in [3.8, 4) is 0 Å². The highest BCUT2D eigenvalue weighted by Gasteiger charge is 2.31. The Morgan fingerprint density at radius 3 is 2.47 bits per heavy atom. The second-order valence-corrected chi connectivity index (χ2v) is 3.86. The molecule has 1 aromatic rings. The fourth-order valence-corrected chi connectivity index (χ4v) is 1.72. The van der Waals surface area contributed by atoms with E-state index in [9.17, 15) is 17.6 Å². The molecule has 0 bridgehead atoms. The van der Waals surface area contributed by atoms with Crippen LogP contribution in [0, 0.1) is 5.82 Å². The van der Waals surface area contributed by atoms with Crippen LogP contribution in [0.25, 0.3) is 0 Å². The first-order valence-electron chi connectivity index (χ1n) is 4.07. The molecule has 6 heteroatoms. The van der Waals surface area contributed by atoms with Crippen molar-refractivity contribution in [2.45, 2.75) is 18.6 Å². The lowest BCUT2D eigenvalue weighted by Gasteiger charge is -2.15. The molecule has 0 saturated carbocycles. The molecule has 0 heterocycles. The van der Waals surface area contributed by atoms with E-state index in [2.05, 4.69) is 15.9 Å². The Bertz CT molecular complexity index is 350. The van der Waals surface area contributed by atoms with Crippen LogP contribution in [0.5, 0.6) is 0 Å². The largest absolute Gasteiger partial charge is 0.390 e. The minimum atomic E-state index is -4.36. The van der Waals surface area contributed by atoms with Crippen LogP contribution in [-0.2, 0) is 0 Å². The SMILES string of the molecule is N[C@H](CC(F)(F)F)c1cccc(F)c1Br. The van der Waals surface area contributed by atoms with Gasteiger partial charge >= 0.3 is 6.18 Å². The Hall–Kier alpha value is -0.620. The van der Waals surface area contributed by atoms with Gasteiger partial charge in [0, 0.05) is 6.04 Å². The quantitative estimate of drug-likeness (QED) is 0.827. The van der Waals surface area contributed by atoms with Crippen molar-refractivity contribution in [3.63, 3.8) is 0 Å². The zero-order valence-corrected chi connectivity index (χ0v) is 9.07. The topological polar surface area (TPSA) is 26.0 Å². The molecule has 84 valence electrons. The molecule has 0 radical (unpaired) electrons. The molecule has 0 spiro atoms. The van der Waals surface area contributed by atoms with Crippen molar-refractivity contribution in [2.75, 3.05) is 0 Å². The highest BCUT2D eigenvalue weighted by atomic mass is 79.9. The summed E-state index contributed by atoms with van der Waals surface area (Å²) in [5.74, 6) is -0.620. The smallest absolute Gasteiger partial charge is 0.324 e. The summed E-state index contributed by atoms with van der Waals surface area (Å²) in [7, 11) is 0. The molecule has 1 atom stereocenters. The molecule has 2 N–H and O–H groups in total. The molecule has 1 nitrogen and oxygen atoms in total. The molecule has 0 aromatic heterocycles. The number of benzene rings is 1. The average molecular weight is 286 g/mol. The predicted molar refractivity (Wildman–Crippen MR) is 51.7 cm³/mol. The van der Waals surface area contributed by atoms with Gasteiger partial charge in [-0.25, -0.2) is 4.39 Å². The second kappa shape index (κ2) is 4.49. The third kappa shape index (κ3) is 3.46. The van der Waals surface area contributed by atoms with Gasteiger partial charge in [-0.05, 0) is 27.6 Å².